The van der Waals surface area contributed by atoms with E-state index in [-0.39, 0.29) is 32.6 Å². The van der Waals surface area contributed by atoms with Gasteiger partial charge < -0.3 is 20.1 Å². The van der Waals surface area contributed by atoms with Crippen molar-refractivity contribution in [3.05, 3.63) is 122 Å². The predicted octanol–water partition coefficient (Wildman–Crippen LogP) is 13.7. The summed E-state index contributed by atoms with van der Waals surface area (Å²) in [5.41, 5.74) is 5.35. The number of unbranched alkanes of at least 4 members (excludes halogenated alkanes) is 8. The van der Waals surface area contributed by atoms with Crippen molar-refractivity contribution in [3.63, 3.8) is 0 Å². The minimum absolute atomic E-state index is 0.0382. The Balaban J connectivity index is 4.20. The number of nitrogens with two attached hydrogens (primary N) is 1. The zero-order valence-corrected chi connectivity index (χ0v) is 38.7. The Hall–Kier alpha value is -3.59. The van der Waals surface area contributed by atoms with Gasteiger partial charge in [0, 0.05) is 19.4 Å². The maximum absolute atomic E-state index is 12.6. The van der Waals surface area contributed by atoms with Crippen molar-refractivity contribution >= 4 is 19.8 Å². The largest absolute Gasteiger partial charge is 0.472 e. The first-order chi connectivity index (χ1) is 29.8. The van der Waals surface area contributed by atoms with E-state index in [1.165, 1.54) is 0 Å². The second-order valence-electron chi connectivity index (χ2n) is 14.5. The molecule has 0 aliphatic rings. The second-order valence-corrected chi connectivity index (χ2v) is 16.0. The summed E-state index contributed by atoms with van der Waals surface area (Å²) < 4.78 is 32.7. The molecule has 0 aromatic carbocycles. The van der Waals surface area contributed by atoms with Gasteiger partial charge in [-0.2, -0.15) is 0 Å². The van der Waals surface area contributed by atoms with Gasteiger partial charge in [-0.05, 0) is 103 Å². The fraction of sp³-hybridized carbons (Fsp3) is 0.569. The molecular formula is C51H82NO8P. The molecule has 2 atom stereocenters. The molecule has 10 heteroatoms. The molecular weight excluding hydrogens is 786 g/mol. The summed E-state index contributed by atoms with van der Waals surface area (Å²) in [4.78, 5) is 34.9. The third-order valence-corrected chi connectivity index (χ3v) is 9.83. The van der Waals surface area contributed by atoms with Crippen LogP contribution in [0.4, 0.5) is 0 Å². The van der Waals surface area contributed by atoms with Crippen LogP contribution < -0.4 is 5.73 Å². The average Bonchev–Trinajstić information content (AvgIpc) is 3.25. The number of carbonyl (C=O) groups excluding carboxylic acids is 2. The predicted molar refractivity (Wildman–Crippen MR) is 256 cm³/mol. The van der Waals surface area contributed by atoms with Crippen molar-refractivity contribution in [2.75, 3.05) is 26.4 Å². The summed E-state index contributed by atoms with van der Waals surface area (Å²) >= 11 is 0. The van der Waals surface area contributed by atoms with Crippen molar-refractivity contribution < 1.29 is 37.6 Å². The fourth-order valence-electron chi connectivity index (χ4n) is 5.51. The third-order valence-electron chi connectivity index (χ3n) is 8.84. The molecule has 3 N–H and O–H groups in total. The minimum atomic E-state index is -4.40. The van der Waals surface area contributed by atoms with Crippen LogP contribution in [-0.2, 0) is 32.7 Å². The van der Waals surface area contributed by atoms with Gasteiger partial charge >= 0.3 is 19.8 Å². The van der Waals surface area contributed by atoms with Crippen LogP contribution in [0.1, 0.15) is 155 Å². The summed E-state index contributed by atoms with van der Waals surface area (Å²) in [6, 6.07) is 0. The molecule has 0 rings (SSSR count). The van der Waals surface area contributed by atoms with Gasteiger partial charge in [0.2, 0.25) is 0 Å². The van der Waals surface area contributed by atoms with Crippen LogP contribution in [0, 0.1) is 0 Å². The fourth-order valence-corrected chi connectivity index (χ4v) is 6.27. The van der Waals surface area contributed by atoms with E-state index in [2.05, 4.69) is 135 Å². The molecule has 0 aliphatic carbocycles. The van der Waals surface area contributed by atoms with Gasteiger partial charge in [0.25, 0.3) is 0 Å². The Labute approximate surface area is 371 Å². The van der Waals surface area contributed by atoms with E-state index in [1.807, 2.05) is 0 Å². The number of carbonyl (C=O) groups is 2. The van der Waals surface area contributed by atoms with E-state index < -0.39 is 32.5 Å². The number of phosphoric ester groups is 1. The molecule has 0 radical (unpaired) electrons. The molecule has 9 nitrogen and oxygen atoms in total. The molecule has 0 aromatic rings. The number of phosphoric acid groups is 1. The Morgan fingerprint density at radius 3 is 1.28 bits per heavy atom. The van der Waals surface area contributed by atoms with Crippen molar-refractivity contribution in [2.45, 2.75) is 161 Å². The van der Waals surface area contributed by atoms with Crippen LogP contribution in [0.2, 0.25) is 0 Å². The molecule has 0 bridgehead atoms. The van der Waals surface area contributed by atoms with E-state index in [9.17, 15) is 19.0 Å². The van der Waals surface area contributed by atoms with Gasteiger partial charge in [0.1, 0.15) is 6.61 Å². The molecule has 0 spiro atoms. The lowest BCUT2D eigenvalue weighted by atomic mass is 10.1. The van der Waals surface area contributed by atoms with Gasteiger partial charge in [-0.3, -0.25) is 18.6 Å². The molecule has 0 saturated heterocycles. The number of allylic oxidation sites excluding steroid dienone is 20. The summed E-state index contributed by atoms with van der Waals surface area (Å²) in [6.45, 7) is 3.41. The highest BCUT2D eigenvalue weighted by Gasteiger charge is 2.26. The second kappa shape index (κ2) is 45.9. The van der Waals surface area contributed by atoms with E-state index in [0.29, 0.717) is 12.8 Å². The van der Waals surface area contributed by atoms with Gasteiger partial charge in [-0.15, -0.1) is 0 Å². The Kier molecular flexibility index (Phi) is 43.2. The SMILES string of the molecule is CC/C=C\C/C=C\C/C=C\C/C=C\C/C=C\C/C=C\C/C=C\CCCCCCCC(=O)OC(COC(=O)CCCCC/C=C\C/C=C\C/C=C\CC)COP(=O)(O)OCCN. The molecule has 0 aliphatic heterocycles. The maximum Gasteiger partial charge on any atom is 0.472 e. The zero-order chi connectivity index (χ0) is 44.6. The van der Waals surface area contributed by atoms with Crippen LogP contribution in [0.25, 0.3) is 0 Å². The van der Waals surface area contributed by atoms with E-state index in [4.69, 9.17) is 24.3 Å². The molecule has 0 amide bonds. The van der Waals surface area contributed by atoms with Gasteiger partial charge in [0.15, 0.2) is 6.10 Å². The Bertz CT molecular complexity index is 1400. The highest BCUT2D eigenvalue weighted by molar-refractivity contribution is 7.47. The van der Waals surface area contributed by atoms with Crippen LogP contribution in [-0.4, -0.2) is 49.3 Å². The lowest BCUT2D eigenvalue weighted by Gasteiger charge is -2.19. The highest BCUT2D eigenvalue weighted by atomic mass is 31.2. The zero-order valence-electron chi connectivity index (χ0n) is 37.8. The summed E-state index contributed by atoms with van der Waals surface area (Å²) in [6.07, 6.45) is 62.4. The van der Waals surface area contributed by atoms with Crippen molar-refractivity contribution in [3.8, 4) is 0 Å². The van der Waals surface area contributed by atoms with Crippen LogP contribution >= 0.6 is 7.82 Å². The molecule has 0 saturated carbocycles. The smallest absolute Gasteiger partial charge is 0.462 e. The first-order valence-corrected chi connectivity index (χ1v) is 24.5. The molecule has 0 heterocycles. The molecule has 0 aromatic heterocycles. The average molecular weight is 868 g/mol. The summed E-state index contributed by atoms with van der Waals surface area (Å²) in [7, 11) is -4.40. The van der Waals surface area contributed by atoms with E-state index >= 15 is 0 Å². The van der Waals surface area contributed by atoms with Crippen molar-refractivity contribution in [1.29, 1.82) is 0 Å². The summed E-state index contributed by atoms with van der Waals surface area (Å²) in [5, 5.41) is 0. The number of ether oxygens (including phenoxy) is 2. The quantitative estimate of drug-likeness (QED) is 0.0266. The molecule has 2 unspecified atom stereocenters. The standard InChI is InChI=1S/C51H82NO8P/c1-3-5-7-9-11-13-15-17-18-19-20-21-22-23-24-25-26-27-28-29-30-32-34-36-38-40-42-44-51(54)60-49(48-59-61(55,56)58-46-45-52)47-57-50(53)43-41-39-37-35-33-31-16-14-12-10-8-6-4-2/h5-8,11-14,17-18,20-21,23-24,26-27,29-31,33,49H,3-4,9-10,15-16,19,22,25,28,32,34-48,52H2,1-2H3,(H,55,56)/b7-5-,8-6-,13-11-,14-12-,18-17-,21-20-,24-23-,27-26-,30-29-,33-31-. The van der Waals surface area contributed by atoms with Crippen molar-refractivity contribution in [1.82, 2.24) is 0 Å². The topological polar surface area (TPSA) is 134 Å². The van der Waals surface area contributed by atoms with Crippen molar-refractivity contribution in [2.24, 2.45) is 5.73 Å². The first kappa shape index (κ1) is 57.4. The van der Waals surface area contributed by atoms with Crippen LogP contribution in [0.15, 0.2) is 122 Å². The molecule has 0 fully saturated rings. The lowest BCUT2D eigenvalue weighted by Crippen LogP contribution is -2.29. The van der Waals surface area contributed by atoms with E-state index in [1.54, 1.807) is 0 Å². The number of rotatable bonds is 41. The first-order valence-electron chi connectivity index (χ1n) is 23.0. The number of hydrogen-bond acceptors (Lipinski definition) is 8. The van der Waals surface area contributed by atoms with Crippen LogP contribution in [0.5, 0.6) is 0 Å². The normalized spacial score (nSPS) is 14.4. The summed E-state index contributed by atoms with van der Waals surface area (Å²) in [5.74, 6) is -0.900. The Morgan fingerprint density at radius 1 is 0.492 bits per heavy atom. The monoisotopic (exact) mass is 868 g/mol. The minimum Gasteiger partial charge on any atom is -0.462 e. The van der Waals surface area contributed by atoms with Crippen LogP contribution in [0.3, 0.4) is 0 Å². The number of hydrogen-bond donors (Lipinski definition) is 2. The third kappa shape index (κ3) is 45.8. The lowest BCUT2D eigenvalue weighted by molar-refractivity contribution is -0.161. The Morgan fingerprint density at radius 2 is 0.852 bits per heavy atom. The number of esters is 2. The maximum atomic E-state index is 12.6. The molecule has 61 heavy (non-hydrogen) atoms. The van der Waals surface area contributed by atoms with Gasteiger partial charge in [-0.1, -0.05) is 161 Å². The van der Waals surface area contributed by atoms with E-state index in [0.717, 1.165) is 116 Å². The molecule has 344 valence electrons. The highest BCUT2D eigenvalue weighted by Crippen LogP contribution is 2.43. The van der Waals surface area contributed by atoms with Gasteiger partial charge in [-0.25, -0.2) is 4.57 Å². The van der Waals surface area contributed by atoms with Gasteiger partial charge in [0.05, 0.1) is 13.2 Å².